The third kappa shape index (κ3) is 3.43. The van der Waals surface area contributed by atoms with E-state index >= 15 is 0 Å². The van der Waals surface area contributed by atoms with Gasteiger partial charge in [0.25, 0.3) is 5.91 Å². The van der Waals surface area contributed by atoms with Crippen LogP contribution >= 0.6 is 0 Å². The van der Waals surface area contributed by atoms with Gasteiger partial charge in [0.15, 0.2) is 0 Å². The van der Waals surface area contributed by atoms with Crippen LogP contribution in [0.5, 0.6) is 0 Å². The van der Waals surface area contributed by atoms with Crippen LogP contribution in [0, 0.1) is 6.92 Å². The molecule has 0 saturated heterocycles. The average Bonchev–Trinajstić information content (AvgIpc) is 2.64. The molecule has 1 aromatic heterocycles. The zero-order valence-corrected chi connectivity index (χ0v) is 13.7. The maximum atomic E-state index is 12.5. The Balaban J connectivity index is 1.75. The minimum atomic E-state index is -0.136. The van der Waals surface area contributed by atoms with Crippen molar-refractivity contribution in [1.29, 1.82) is 0 Å². The molecule has 1 amide bonds. The first-order chi connectivity index (χ1) is 11.6. The van der Waals surface area contributed by atoms with E-state index < -0.39 is 0 Å². The molecule has 0 unspecified atom stereocenters. The van der Waals surface area contributed by atoms with Gasteiger partial charge in [-0.15, -0.1) is 0 Å². The monoisotopic (exact) mass is 317 g/mol. The highest BCUT2D eigenvalue weighted by Crippen LogP contribution is 2.20. The summed E-state index contributed by atoms with van der Waals surface area (Å²) >= 11 is 0. The van der Waals surface area contributed by atoms with Crippen molar-refractivity contribution in [2.75, 3.05) is 17.3 Å². The number of benzene rings is 2. The second kappa shape index (κ2) is 6.96. The fourth-order valence-corrected chi connectivity index (χ4v) is 2.40. The Morgan fingerprint density at radius 1 is 0.958 bits per heavy atom. The molecule has 0 aliphatic rings. The summed E-state index contributed by atoms with van der Waals surface area (Å²) in [5.74, 6) is -0.136. The molecule has 1 heterocycles. The van der Waals surface area contributed by atoms with E-state index in [9.17, 15) is 4.79 Å². The minimum Gasteiger partial charge on any atom is -0.354 e. The van der Waals surface area contributed by atoms with Crippen LogP contribution in [0.2, 0.25) is 0 Å². The maximum Gasteiger partial charge on any atom is 0.276 e. The van der Waals surface area contributed by atoms with E-state index in [0.717, 1.165) is 22.6 Å². The molecule has 4 nitrogen and oxygen atoms in total. The fourth-order valence-electron chi connectivity index (χ4n) is 2.40. The Labute approximate surface area is 141 Å². The van der Waals surface area contributed by atoms with Gasteiger partial charge in [0.2, 0.25) is 0 Å². The van der Waals surface area contributed by atoms with E-state index in [4.69, 9.17) is 0 Å². The number of para-hydroxylation sites is 2. The fraction of sp³-hybridized carbons (Fsp3) is 0.100. The number of pyridine rings is 1. The highest BCUT2D eigenvalue weighted by molar-refractivity contribution is 6.04. The van der Waals surface area contributed by atoms with Crippen molar-refractivity contribution in [3.8, 4) is 0 Å². The molecule has 0 atom stereocenters. The van der Waals surface area contributed by atoms with Crippen molar-refractivity contribution < 1.29 is 4.79 Å². The number of nitrogens with zero attached hydrogens (tertiary/aromatic N) is 2. The molecule has 120 valence electrons. The van der Waals surface area contributed by atoms with Crippen LogP contribution in [0.1, 0.15) is 16.1 Å². The van der Waals surface area contributed by atoms with Gasteiger partial charge in [-0.25, -0.2) is 4.98 Å². The minimum absolute atomic E-state index is 0.136. The summed E-state index contributed by atoms with van der Waals surface area (Å²) in [6.07, 6.45) is 1.68. The van der Waals surface area contributed by atoms with E-state index in [-0.39, 0.29) is 5.91 Å². The molecule has 3 rings (SSSR count). The summed E-state index contributed by atoms with van der Waals surface area (Å²) in [6, 6.07) is 21.2. The van der Waals surface area contributed by atoms with Crippen LogP contribution in [0.4, 0.5) is 17.1 Å². The Kier molecular flexibility index (Phi) is 4.57. The molecular formula is C20H19N3O. The molecule has 0 spiro atoms. The van der Waals surface area contributed by atoms with Gasteiger partial charge < -0.3 is 10.2 Å². The van der Waals surface area contributed by atoms with Gasteiger partial charge in [-0.05, 0) is 42.8 Å². The second-order valence-electron chi connectivity index (χ2n) is 5.57. The van der Waals surface area contributed by atoms with Crippen molar-refractivity contribution in [3.05, 3.63) is 84.2 Å². The summed E-state index contributed by atoms with van der Waals surface area (Å²) in [4.78, 5) is 18.4. The van der Waals surface area contributed by atoms with Crippen molar-refractivity contribution in [2.24, 2.45) is 0 Å². The normalized spacial score (nSPS) is 10.2. The molecule has 1 N–H and O–H groups in total. The number of aromatic nitrogens is 1. The average molecular weight is 317 g/mol. The summed E-state index contributed by atoms with van der Waals surface area (Å²) in [5.41, 5.74) is 4.28. The molecule has 3 aromatic rings. The van der Waals surface area contributed by atoms with Gasteiger partial charge in [0, 0.05) is 18.4 Å². The lowest BCUT2D eigenvalue weighted by atomic mass is 10.2. The molecule has 0 aliphatic heterocycles. The predicted molar refractivity (Wildman–Crippen MR) is 97.9 cm³/mol. The van der Waals surface area contributed by atoms with Gasteiger partial charge >= 0.3 is 0 Å². The molecule has 4 heteroatoms. The molecule has 2 aromatic carbocycles. The number of hydrogen-bond donors (Lipinski definition) is 1. The number of carbonyl (C=O) groups is 1. The first-order valence-corrected chi connectivity index (χ1v) is 7.77. The van der Waals surface area contributed by atoms with Crippen LogP contribution in [-0.4, -0.2) is 17.9 Å². The second-order valence-corrected chi connectivity index (χ2v) is 5.57. The van der Waals surface area contributed by atoms with Gasteiger partial charge in [-0.3, -0.25) is 4.79 Å². The molecule has 0 fully saturated rings. The zero-order chi connectivity index (χ0) is 16.9. The van der Waals surface area contributed by atoms with Crippen LogP contribution in [0.3, 0.4) is 0 Å². The summed E-state index contributed by atoms with van der Waals surface area (Å²) in [7, 11) is 1.75. The number of aryl methyl sites for hydroxylation is 1. The zero-order valence-electron chi connectivity index (χ0n) is 13.7. The van der Waals surface area contributed by atoms with Crippen LogP contribution in [0.25, 0.3) is 0 Å². The number of amides is 1. The Morgan fingerprint density at radius 2 is 1.67 bits per heavy atom. The lowest BCUT2D eigenvalue weighted by molar-refractivity contribution is 0.0988. The molecule has 0 radical (unpaired) electrons. The van der Waals surface area contributed by atoms with Gasteiger partial charge in [0.05, 0.1) is 11.9 Å². The standard InChI is InChI=1S/C20H19N3O/c1-15-8-6-7-11-18(15)22-16-12-13-19(21-14-16)20(24)23(2)17-9-4-3-5-10-17/h3-14,22H,1-2H3. The van der Waals surface area contributed by atoms with E-state index in [2.05, 4.69) is 10.3 Å². The Morgan fingerprint density at radius 3 is 2.33 bits per heavy atom. The SMILES string of the molecule is Cc1ccccc1Nc1ccc(C(=O)N(C)c2ccccc2)nc1. The van der Waals surface area contributed by atoms with E-state index in [1.54, 1.807) is 24.2 Å². The van der Waals surface area contributed by atoms with Crippen molar-refractivity contribution >= 4 is 23.0 Å². The number of rotatable bonds is 4. The van der Waals surface area contributed by atoms with Crippen molar-refractivity contribution in [3.63, 3.8) is 0 Å². The summed E-state index contributed by atoms with van der Waals surface area (Å²) in [6.45, 7) is 2.04. The third-order valence-corrected chi connectivity index (χ3v) is 3.85. The van der Waals surface area contributed by atoms with Crippen molar-refractivity contribution in [2.45, 2.75) is 6.92 Å². The summed E-state index contributed by atoms with van der Waals surface area (Å²) < 4.78 is 0. The largest absolute Gasteiger partial charge is 0.354 e. The Bertz CT molecular complexity index is 829. The van der Waals surface area contributed by atoms with Gasteiger partial charge in [-0.2, -0.15) is 0 Å². The van der Waals surface area contributed by atoms with Crippen molar-refractivity contribution in [1.82, 2.24) is 4.98 Å². The molecule has 0 aliphatic carbocycles. The summed E-state index contributed by atoms with van der Waals surface area (Å²) in [5, 5.41) is 3.31. The number of nitrogens with one attached hydrogen (secondary N) is 1. The van der Waals surface area contributed by atoms with Crippen LogP contribution < -0.4 is 10.2 Å². The Hall–Kier alpha value is -3.14. The smallest absolute Gasteiger partial charge is 0.276 e. The van der Waals surface area contributed by atoms with Crippen LogP contribution in [0.15, 0.2) is 72.9 Å². The van der Waals surface area contributed by atoms with Gasteiger partial charge in [-0.1, -0.05) is 36.4 Å². The molecule has 0 bridgehead atoms. The van der Waals surface area contributed by atoms with Crippen LogP contribution in [-0.2, 0) is 0 Å². The number of carbonyl (C=O) groups excluding carboxylic acids is 1. The van der Waals surface area contributed by atoms with E-state index in [1.165, 1.54) is 0 Å². The first-order valence-electron chi connectivity index (χ1n) is 7.77. The number of hydrogen-bond acceptors (Lipinski definition) is 3. The van der Waals surface area contributed by atoms with E-state index in [0.29, 0.717) is 5.69 Å². The highest BCUT2D eigenvalue weighted by Gasteiger charge is 2.14. The van der Waals surface area contributed by atoms with E-state index in [1.807, 2.05) is 67.6 Å². The lowest BCUT2D eigenvalue weighted by Crippen LogP contribution is -2.26. The molecule has 24 heavy (non-hydrogen) atoms. The maximum absolute atomic E-state index is 12.5. The molecular weight excluding hydrogens is 298 g/mol. The molecule has 0 saturated carbocycles. The topological polar surface area (TPSA) is 45.2 Å². The third-order valence-electron chi connectivity index (χ3n) is 3.85. The van der Waals surface area contributed by atoms with Gasteiger partial charge in [0.1, 0.15) is 5.69 Å². The highest BCUT2D eigenvalue weighted by atomic mass is 16.2. The quantitative estimate of drug-likeness (QED) is 0.775. The first kappa shape index (κ1) is 15.7. The predicted octanol–water partition coefficient (Wildman–Crippen LogP) is 4.41. The lowest BCUT2D eigenvalue weighted by Gasteiger charge is -2.17. The number of anilines is 3.